The number of hydrogen-bond acceptors (Lipinski definition) is 11. The molecule has 16 heteroatoms. The van der Waals surface area contributed by atoms with Crippen molar-refractivity contribution in [2.75, 3.05) is 34.0 Å². The number of carbonyl (C=O) groups excluding carboxylic acids is 3. The Balaban J connectivity index is 1.44. The van der Waals surface area contributed by atoms with Crippen LogP contribution in [0, 0.1) is 0 Å². The van der Waals surface area contributed by atoms with Crippen LogP contribution in [-0.4, -0.2) is 97.0 Å². The molecule has 0 spiro atoms. The number of alkyl halides is 3. The molecule has 1 aliphatic heterocycles. The molecule has 0 aliphatic carbocycles. The van der Waals surface area contributed by atoms with Crippen LogP contribution in [0.4, 0.5) is 13.2 Å². The largest absolute Gasteiger partial charge is 0.497 e. The molecule has 1 aliphatic rings. The van der Waals surface area contributed by atoms with Crippen molar-refractivity contribution < 1.29 is 65.1 Å². The zero-order valence-corrected chi connectivity index (χ0v) is 41.6. The lowest BCUT2D eigenvalue weighted by atomic mass is 9.80. The van der Waals surface area contributed by atoms with E-state index in [1.165, 1.54) is 24.3 Å². The van der Waals surface area contributed by atoms with Gasteiger partial charge in [0.2, 0.25) is 0 Å². The second kappa shape index (κ2) is 23.7. The number of esters is 2. The van der Waals surface area contributed by atoms with Crippen molar-refractivity contribution in [1.82, 2.24) is 5.32 Å². The van der Waals surface area contributed by atoms with Gasteiger partial charge in [-0.05, 0) is 81.8 Å². The molecule has 0 unspecified atom stereocenters. The molecule has 0 radical (unpaired) electrons. The van der Waals surface area contributed by atoms with Gasteiger partial charge in [-0.3, -0.25) is 4.79 Å². The quantitative estimate of drug-likeness (QED) is 0.0326. The second-order valence-corrected chi connectivity index (χ2v) is 23.3. The molecule has 0 bridgehead atoms. The Kier molecular flexibility index (Phi) is 18.1. The Hall–Kier alpha value is -6.04. The van der Waals surface area contributed by atoms with Gasteiger partial charge in [0.05, 0.1) is 45.2 Å². The van der Waals surface area contributed by atoms with Crippen LogP contribution in [0.1, 0.15) is 78.9 Å². The number of halogens is 3. The van der Waals surface area contributed by atoms with Gasteiger partial charge in [0.1, 0.15) is 29.2 Å². The Morgan fingerprint density at radius 1 is 0.600 bits per heavy atom. The van der Waals surface area contributed by atoms with E-state index in [0.717, 1.165) is 5.56 Å². The highest BCUT2D eigenvalue weighted by molar-refractivity contribution is 6.77. The third kappa shape index (κ3) is 12.1. The van der Waals surface area contributed by atoms with E-state index in [1.807, 2.05) is 59.9 Å². The van der Waals surface area contributed by atoms with Crippen LogP contribution in [0.3, 0.4) is 0 Å². The van der Waals surface area contributed by atoms with E-state index in [2.05, 4.69) is 41.5 Å². The normalized spacial score (nSPS) is 18.6. The molecule has 0 aromatic heterocycles. The van der Waals surface area contributed by atoms with E-state index < -0.39 is 68.6 Å². The minimum Gasteiger partial charge on any atom is -0.497 e. The van der Waals surface area contributed by atoms with E-state index in [4.69, 9.17) is 37.6 Å². The molecule has 374 valence electrons. The number of ether oxygens (including phenoxy) is 7. The third-order valence-electron chi connectivity index (χ3n) is 12.8. The number of methoxy groups -OCH3 is 2. The minimum absolute atomic E-state index is 0.0434. The molecule has 70 heavy (non-hydrogen) atoms. The van der Waals surface area contributed by atoms with Gasteiger partial charge in [0, 0.05) is 0 Å². The van der Waals surface area contributed by atoms with Gasteiger partial charge >= 0.3 is 24.0 Å². The van der Waals surface area contributed by atoms with Crippen molar-refractivity contribution in [3.63, 3.8) is 0 Å². The third-order valence-corrected chi connectivity index (χ3v) is 18.8. The van der Waals surface area contributed by atoms with Gasteiger partial charge in [-0.1, -0.05) is 133 Å². The standard InChI is InChI=1S/C54H62F3NO11Si/c1-35(2)70(36(3)4,37(5)6)66-34-45-47(68-49(59)38-18-12-9-13-19-38)48(69-50(60)39-20-14-10-15-21-39)46(58-52(61)54(55,56)57)51(67-45)64-32-33-65-53(40-22-16-11-17-23-40,41-24-28-43(62-7)29-25-41)42-26-30-44(63-8)31-27-42/h9-31,35-37,45-48,51H,32-34H2,1-8H3,(H,58,61)/t45-,46-,47-,48-,51-/m1/s1. The zero-order valence-electron chi connectivity index (χ0n) is 40.6. The first-order valence-electron chi connectivity index (χ1n) is 23.3. The summed E-state index contributed by atoms with van der Waals surface area (Å²) < 4.78 is 93.2. The predicted octanol–water partition coefficient (Wildman–Crippen LogP) is 10.4. The predicted molar refractivity (Wildman–Crippen MR) is 259 cm³/mol. The summed E-state index contributed by atoms with van der Waals surface area (Å²) in [5.74, 6) is -3.02. The first-order chi connectivity index (χ1) is 33.5. The minimum atomic E-state index is -5.40. The molecule has 1 fully saturated rings. The topological polar surface area (TPSA) is 137 Å². The van der Waals surface area contributed by atoms with Crippen molar-refractivity contribution in [1.29, 1.82) is 0 Å². The lowest BCUT2D eigenvalue weighted by Gasteiger charge is -2.48. The smallest absolute Gasteiger partial charge is 0.471 e. The maximum Gasteiger partial charge on any atom is 0.471 e. The fourth-order valence-electron chi connectivity index (χ4n) is 9.54. The molecule has 5 atom stereocenters. The fourth-order valence-corrected chi connectivity index (χ4v) is 15.0. The number of benzene rings is 5. The zero-order chi connectivity index (χ0) is 50.6. The fraction of sp³-hybridized carbons (Fsp3) is 0.389. The summed E-state index contributed by atoms with van der Waals surface area (Å²) in [6.45, 7) is 11.7. The van der Waals surface area contributed by atoms with Crippen molar-refractivity contribution in [3.8, 4) is 11.5 Å². The van der Waals surface area contributed by atoms with Crippen molar-refractivity contribution >= 4 is 26.2 Å². The Morgan fingerprint density at radius 2 is 1.03 bits per heavy atom. The van der Waals surface area contributed by atoms with E-state index in [0.29, 0.717) is 22.6 Å². The van der Waals surface area contributed by atoms with E-state index >= 15 is 0 Å². The number of nitrogens with one attached hydrogen (secondary N) is 1. The summed E-state index contributed by atoms with van der Waals surface area (Å²) in [5, 5.41) is 1.98. The number of amides is 1. The highest BCUT2D eigenvalue weighted by atomic mass is 28.4. The van der Waals surface area contributed by atoms with Gasteiger partial charge < -0.3 is 42.9 Å². The van der Waals surface area contributed by atoms with Crippen molar-refractivity contribution in [2.24, 2.45) is 0 Å². The number of rotatable bonds is 21. The van der Waals surface area contributed by atoms with Gasteiger partial charge in [-0.25, -0.2) is 9.59 Å². The summed E-state index contributed by atoms with van der Waals surface area (Å²) in [5.41, 5.74) is 1.22. The summed E-state index contributed by atoms with van der Waals surface area (Å²) in [4.78, 5) is 41.1. The molecule has 1 amide bonds. The highest BCUT2D eigenvalue weighted by Crippen LogP contribution is 2.44. The maximum atomic E-state index is 14.3. The van der Waals surface area contributed by atoms with E-state index in [9.17, 15) is 27.6 Å². The SMILES string of the molecule is COc1ccc(C(OCCO[C@@H]2O[C@H](CO[Si](C(C)C)(C(C)C)C(C)C)[C@@H](OC(=O)c3ccccc3)[C@H](OC(=O)c3ccccc3)[C@H]2NC(=O)C(F)(F)F)(c2ccccc2)c2ccc(OC)cc2)cc1. The molecule has 1 N–H and O–H groups in total. The van der Waals surface area contributed by atoms with Crippen LogP contribution in [0.15, 0.2) is 140 Å². The summed E-state index contributed by atoms with van der Waals surface area (Å²) >= 11 is 0. The van der Waals surface area contributed by atoms with E-state index in [1.54, 1.807) is 74.9 Å². The summed E-state index contributed by atoms with van der Waals surface area (Å²) in [6, 6.07) is 37.9. The number of hydrogen-bond donors (Lipinski definition) is 1. The number of carbonyl (C=O) groups is 3. The van der Waals surface area contributed by atoms with Crippen LogP contribution < -0.4 is 14.8 Å². The highest BCUT2D eigenvalue weighted by Gasteiger charge is 2.55. The first kappa shape index (κ1) is 53.3. The van der Waals surface area contributed by atoms with Crippen LogP contribution in [0.2, 0.25) is 16.6 Å². The molecular weight excluding hydrogens is 924 g/mol. The molecule has 6 rings (SSSR count). The molecule has 12 nitrogen and oxygen atoms in total. The Morgan fingerprint density at radius 3 is 1.46 bits per heavy atom. The van der Waals surface area contributed by atoms with Crippen LogP contribution in [-0.2, 0) is 38.5 Å². The van der Waals surface area contributed by atoms with Gasteiger partial charge in [-0.2, -0.15) is 13.2 Å². The van der Waals surface area contributed by atoms with Crippen LogP contribution in [0.25, 0.3) is 0 Å². The molecule has 0 saturated carbocycles. The molecular formula is C54H62F3NO11Si. The summed E-state index contributed by atoms with van der Waals surface area (Å²) in [6.07, 6.45) is -11.9. The molecule has 5 aromatic rings. The lowest BCUT2D eigenvalue weighted by molar-refractivity contribution is -0.272. The Labute approximate surface area is 408 Å². The summed E-state index contributed by atoms with van der Waals surface area (Å²) in [7, 11) is 0.395. The van der Waals surface area contributed by atoms with E-state index in [-0.39, 0.29) is 47.6 Å². The first-order valence-corrected chi connectivity index (χ1v) is 25.4. The molecule has 5 aromatic carbocycles. The average Bonchev–Trinajstić information content (AvgIpc) is 3.36. The van der Waals surface area contributed by atoms with Crippen molar-refractivity contribution in [3.05, 3.63) is 167 Å². The van der Waals surface area contributed by atoms with Crippen LogP contribution >= 0.6 is 0 Å². The van der Waals surface area contributed by atoms with Crippen molar-refractivity contribution in [2.45, 2.75) is 101 Å². The molecule has 1 saturated heterocycles. The van der Waals surface area contributed by atoms with Gasteiger partial charge in [-0.15, -0.1) is 0 Å². The van der Waals surface area contributed by atoms with Crippen LogP contribution in [0.5, 0.6) is 11.5 Å². The Bertz CT molecular complexity index is 2370. The second-order valence-electron chi connectivity index (χ2n) is 17.9. The lowest BCUT2D eigenvalue weighted by Crippen LogP contribution is -2.68. The maximum absolute atomic E-state index is 14.3. The van der Waals surface area contributed by atoms with Gasteiger partial charge in [0.15, 0.2) is 26.8 Å². The average molecular weight is 986 g/mol. The molecule has 1 heterocycles. The monoisotopic (exact) mass is 985 g/mol. The van der Waals surface area contributed by atoms with Gasteiger partial charge in [0.25, 0.3) is 0 Å².